The Kier molecular flexibility index (Phi) is 4.37. The maximum Gasteiger partial charge on any atom is 0.322 e. The summed E-state index contributed by atoms with van der Waals surface area (Å²) in [5, 5.41) is 4.78. The normalized spacial score (nSPS) is 41.0. The van der Waals surface area contributed by atoms with Crippen LogP contribution in [0.5, 0.6) is 0 Å². The molecule has 0 aromatic carbocycles. The molecule has 4 bridgehead atoms. The van der Waals surface area contributed by atoms with Gasteiger partial charge in [-0.25, -0.2) is 4.79 Å². The number of hydrogen-bond donors (Lipinski definition) is 2. The van der Waals surface area contributed by atoms with E-state index in [2.05, 4.69) is 15.5 Å². The fourth-order valence-corrected chi connectivity index (χ4v) is 6.85. The van der Waals surface area contributed by atoms with Gasteiger partial charge in [-0.2, -0.15) is 0 Å². The fraction of sp³-hybridized carbons (Fsp3) is 0.850. The third kappa shape index (κ3) is 3.24. The Hall–Kier alpha value is -1.63. The predicted molar refractivity (Wildman–Crippen MR) is 98.7 cm³/mol. The smallest absolute Gasteiger partial charge is 0.322 e. The summed E-state index contributed by atoms with van der Waals surface area (Å²) >= 11 is 0. The van der Waals surface area contributed by atoms with Crippen LogP contribution in [0.2, 0.25) is 0 Å². The van der Waals surface area contributed by atoms with Crippen molar-refractivity contribution >= 4 is 17.8 Å². The van der Waals surface area contributed by atoms with E-state index >= 15 is 0 Å². The minimum atomic E-state index is -0.559. The van der Waals surface area contributed by atoms with Gasteiger partial charge >= 0.3 is 6.03 Å². The molecule has 0 spiro atoms. The number of carbonyl (C=O) groups excluding carboxylic acids is 3. The summed E-state index contributed by atoms with van der Waals surface area (Å²) in [5.74, 6) is 3.58. The molecule has 27 heavy (non-hydrogen) atoms. The molecule has 2 N–H and O–H groups in total. The van der Waals surface area contributed by atoms with Crippen molar-refractivity contribution in [2.75, 3.05) is 26.2 Å². The third-order valence-electron chi connectivity index (χ3n) is 7.77. The summed E-state index contributed by atoms with van der Waals surface area (Å²) in [4.78, 5) is 39.9. The van der Waals surface area contributed by atoms with Crippen LogP contribution >= 0.6 is 0 Å². The minimum Gasteiger partial charge on any atom is -0.340 e. The molecule has 4 saturated carbocycles. The Morgan fingerprint density at radius 2 is 1.56 bits per heavy atom. The van der Waals surface area contributed by atoms with Gasteiger partial charge in [0.25, 0.3) is 5.91 Å². The largest absolute Gasteiger partial charge is 0.340 e. The van der Waals surface area contributed by atoms with Crippen LogP contribution in [0.15, 0.2) is 0 Å². The van der Waals surface area contributed by atoms with Crippen molar-refractivity contribution in [1.82, 2.24) is 20.4 Å². The third-order valence-corrected chi connectivity index (χ3v) is 7.77. The SMILES string of the molecule is O=C1NC(=O)[C@H](CCC(=O)N2CCN(C3C4CC5CC(C4)CC3C5)CC2)N1. The van der Waals surface area contributed by atoms with Gasteiger partial charge in [0.05, 0.1) is 0 Å². The molecule has 0 aromatic rings. The van der Waals surface area contributed by atoms with Gasteiger partial charge in [0.1, 0.15) is 6.04 Å². The highest BCUT2D eigenvalue weighted by atomic mass is 16.2. The highest BCUT2D eigenvalue weighted by Gasteiger charge is 2.50. The second kappa shape index (κ2) is 6.76. The first-order chi connectivity index (χ1) is 13.1. The first kappa shape index (κ1) is 17.5. The summed E-state index contributed by atoms with van der Waals surface area (Å²) in [5.41, 5.74) is 0. The highest BCUT2D eigenvalue weighted by Crippen LogP contribution is 2.55. The van der Waals surface area contributed by atoms with Crippen LogP contribution < -0.4 is 10.6 Å². The van der Waals surface area contributed by atoms with E-state index < -0.39 is 12.1 Å². The zero-order valence-electron chi connectivity index (χ0n) is 15.9. The van der Waals surface area contributed by atoms with Crippen LogP contribution in [0.3, 0.4) is 0 Å². The molecule has 1 atom stereocenters. The first-order valence-corrected chi connectivity index (χ1v) is 10.7. The van der Waals surface area contributed by atoms with Crippen molar-refractivity contribution in [3.63, 3.8) is 0 Å². The summed E-state index contributed by atoms with van der Waals surface area (Å²) in [6.45, 7) is 3.56. The average molecular weight is 374 g/mol. The van der Waals surface area contributed by atoms with Crippen LogP contribution in [0, 0.1) is 23.7 Å². The monoisotopic (exact) mass is 374 g/mol. The van der Waals surface area contributed by atoms with Gasteiger partial charge in [0, 0.05) is 38.6 Å². The van der Waals surface area contributed by atoms with Gasteiger partial charge in [0.2, 0.25) is 5.91 Å². The van der Waals surface area contributed by atoms with E-state index in [9.17, 15) is 14.4 Å². The maximum atomic E-state index is 12.5. The zero-order chi connectivity index (χ0) is 18.5. The number of urea groups is 1. The second-order valence-electron chi connectivity index (χ2n) is 9.39. The lowest BCUT2D eigenvalue weighted by Gasteiger charge is -2.58. The molecular weight excluding hydrogens is 344 g/mol. The quantitative estimate of drug-likeness (QED) is 0.718. The van der Waals surface area contributed by atoms with E-state index in [0.717, 1.165) is 55.9 Å². The molecule has 6 aliphatic rings. The first-order valence-electron chi connectivity index (χ1n) is 10.7. The molecule has 2 saturated heterocycles. The lowest BCUT2D eigenvalue weighted by atomic mass is 9.54. The summed E-state index contributed by atoms with van der Waals surface area (Å²) < 4.78 is 0. The number of imide groups is 1. The maximum absolute atomic E-state index is 12.5. The number of rotatable bonds is 4. The molecule has 6 rings (SSSR count). The van der Waals surface area contributed by atoms with E-state index in [1.165, 1.54) is 32.1 Å². The van der Waals surface area contributed by atoms with Crippen molar-refractivity contribution in [2.24, 2.45) is 23.7 Å². The van der Waals surface area contributed by atoms with E-state index in [1.807, 2.05) is 4.90 Å². The van der Waals surface area contributed by atoms with Crippen molar-refractivity contribution in [3.8, 4) is 0 Å². The van der Waals surface area contributed by atoms with Crippen molar-refractivity contribution < 1.29 is 14.4 Å². The molecule has 4 aliphatic carbocycles. The van der Waals surface area contributed by atoms with E-state index in [0.29, 0.717) is 12.8 Å². The van der Waals surface area contributed by atoms with Crippen LogP contribution in [0.4, 0.5) is 4.79 Å². The molecule has 0 unspecified atom stereocenters. The molecular formula is C20H30N4O3. The molecule has 0 aromatic heterocycles. The van der Waals surface area contributed by atoms with Crippen molar-refractivity contribution in [3.05, 3.63) is 0 Å². The van der Waals surface area contributed by atoms with Gasteiger partial charge in [-0.1, -0.05) is 0 Å². The number of hydrogen-bond acceptors (Lipinski definition) is 4. The van der Waals surface area contributed by atoms with E-state index in [-0.39, 0.29) is 11.8 Å². The molecule has 0 radical (unpaired) electrons. The number of carbonyl (C=O) groups is 3. The Morgan fingerprint density at radius 1 is 0.926 bits per heavy atom. The topological polar surface area (TPSA) is 81.8 Å². The van der Waals surface area contributed by atoms with Crippen LogP contribution in [-0.4, -0.2) is 65.9 Å². The summed E-state index contributed by atoms with van der Waals surface area (Å²) in [6.07, 6.45) is 7.93. The highest BCUT2D eigenvalue weighted by molar-refractivity contribution is 6.04. The van der Waals surface area contributed by atoms with Gasteiger partial charge in [-0.05, 0) is 62.2 Å². The Labute approximate surface area is 160 Å². The summed E-state index contributed by atoms with van der Waals surface area (Å²) in [6, 6.07) is -0.259. The van der Waals surface area contributed by atoms with E-state index in [4.69, 9.17) is 0 Å². The average Bonchev–Trinajstić information content (AvgIpc) is 2.96. The van der Waals surface area contributed by atoms with Crippen molar-refractivity contribution in [2.45, 2.75) is 57.0 Å². The Bertz CT molecular complexity index is 615. The van der Waals surface area contributed by atoms with Gasteiger partial charge in [-0.15, -0.1) is 0 Å². The van der Waals surface area contributed by atoms with Crippen LogP contribution in [-0.2, 0) is 9.59 Å². The Balaban J connectivity index is 1.11. The summed E-state index contributed by atoms with van der Waals surface area (Å²) in [7, 11) is 0. The lowest BCUT2D eigenvalue weighted by Crippen LogP contribution is -2.60. The van der Waals surface area contributed by atoms with Crippen LogP contribution in [0.25, 0.3) is 0 Å². The lowest BCUT2D eigenvalue weighted by molar-refractivity contribution is -0.135. The number of piperazine rings is 1. The molecule has 2 heterocycles. The van der Waals surface area contributed by atoms with E-state index in [1.54, 1.807) is 0 Å². The van der Waals surface area contributed by atoms with Gasteiger partial charge in [0.15, 0.2) is 0 Å². The molecule has 7 nitrogen and oxygen atoms in total. The molecule has 148 valence electrons. The Morgan fingerprint density at radius 3 is 2.11 bits per heavy atom. The van der Waals surface area contributed by atoms with Gasteiger partial charge in [-0.3, -0.25) is 19.8 Å². The molecule has 2 aliphatic heterocycles. The number of nitrogens with zero attached hydrogens (tertiary/aromatic N) is 2. The number of nitrogens with one attached hydrogen (secondary N) is 2. The molecule has 6 fully saturated rings. The molecule has 4 amide bonds. The van der Waals surface area contributed by atoms with Gasteiger partial charge < -0.3 is 10.2 Å². The van der Waals surface area contributed by atoms with Crippen LogP contribution in [0.1, 0.15) is 44.9 Å². The standard InChI is InChI=1S/C20H30N4O3/c25-17(2-1-16-19(26)22-20(27)21-16)23-3-5-24(6-4-23)18-14-8-12-7-13(10-14)11-15(18)9-12/h12-16,18H,1-11H2,(H2,21,22,26,27)/t12?,13?,14?,15?,16-,18?/m0/s1. The second-order valence-corrected chi connectivity index (χ2v) is 9.39. The molecule has 7 heteroatoms. The zero-order valence-corrected chi connectivity index (χ0v) is 15.9. The minimum absolute atomic E-state index is 0.105. The fourth-order valence-electron chi connectivity index (χ4n) is 6.85. The van der Waals surface area contributed by atoms with Crippen molar-refractivity contribution in [1.29, 1.82) is 0 Å². The number of amides is 4. The predicted octanol–water partition coefficient (Wildman–Crippen LogP) is 0.944.